The molecule has 1 fully saturated rings. The summed E-state index contributed by atoms with van der Waals surface area (Å²) in [6.07, 6.45) is 1.52. The number of amides is 1. The van der Waals surface area contributed by atoms with Crippen LogP contribution in [0.15, 0.2) is 46.2 Å². The third-order valence-corrected chi connectivity index (χ3v) is 5.04. The third-order valence-electron chi connectivity index (χ3n) is 4.18. The van der Waals surface area contributed by atoms with Gasteiger partial charge in [0, 0.05) is 0 Å². The fourth-order valence-electron chi connectivity index (χ4n) is 2.69. The Morgan fingerprint density at radius 2 is 2.04 bits per heavy atom. The van der Waals surface area contributed by atoms with Gasteiger partial charge in [0.05, 0.1) is 16.8 Å². The Bertz CT molecular complexity index is 854. The standard InChI is InChI=1S/C17H14FN3O2S/c18-12-5-3-11(4-6-12)17(7-8-17)16(22)19-10-14-20-21-15(23-14)13-2-1-9-24-13/h1-6,9H,7-8,10H2,(H,19,22). The molecular formula is C17H14FN3O2S. The molecule has 0 bridgehead atoms. The fraction of sp³-hybridized carbons (Fsp3) is 0.235. The Kier molecular flexibility index (Phi) is 3.65. The monoisotopic (exact) mass is 343 g/mol. The number of carbonyl (C=O) groups is 1. The Labute approximate surface area is 141 Å². The van der Waals surface area contributed by atoms with Gasteiger partial charge in [-0.3, -0.25) is 4.79 Å². The number of benzene rings is 1. The predicted octanol–water partition coefficient (Wildman–Crippen LogP) is 3.29. The van der Waals surface area contributed by atoms with E-state index in [0.29, 0.717) is 11.8 Å². The van der Waals surface area contributed by atoms with Crippen molar-refractivity contribution < 1.29 is 13.6 Å². The molecule has 4 rings (SSSR count). The summed E-state index contributed by atoms with van der Waals surface area (Å²) >= 11 is 1.51. The predicted molar refractivity (Wildman–Crippen MR) is 86.8 cm³/mol. The molecule has 1 aliphatic carbocycles. The maximum Gasteiger partial charge on any atom is 0.257 e. The molecule has 1 amide bonds. The minimum Gasteiger partial charge on any atom is -0.418 e. The van der Waals surface area contributed by atoms with E-state index in [0.717, 1.165) is 23.3 Å². The van der Waals surface area contributed by atoms with Gasteiger partial charge in [-0.1, -0.05) is 18.2 Å². The molecule has 24 heavy (non-hydrogen) atoms. The maximum atomic E-state index is 13.1. The molecular weight excluding hydrogens is 329 g/mol. The van der Waals surface area contributed by atoms with Crippen molar-refractivity contribution in [3.63, 3.8) is 0 Å². The molecule has 0 aliphatic heterocycles. The molecule has 0 spiro atoms. The number of carbonyl (C=O) groups excluding carboxylic acids is 1. The Morgan fingerprint density at radius 1 is 1.25 bits per heavy atom. The number of rotatable bonds is 5. The number of hydrogen-bond acceptors (Lipinski definition) is 5. The SMILES string of the molecule is O=C(NCc1nnc(-c2cccs2)o1)C1(c2ccc(F)cc2)CC1. The van der Waals surface area contributed by atoms with Crippen molar-refractivity contribution in [1.82, 2.24) is 15.5 Å². The van der Waals surface area contributed by atoms with Gasteiger partial charge in [0.2, 0.25) is 11.8 Å². The summed E-state index contributed by atoms with van der Waals surface area (Å²) in [6.45, 7) is 0.181. The largest absolute Gasteiger partial charge is 0.418 e. The van der Waals surface area contributed by atoms with Gasteiger partial charge in [-0.05, 0) is 42.0 Å². The van der Waals surface area contributed by atoms with E-state index in [4.69, 9.17) is 4.42 Å². The zero-order valence-electron chi connectivity index (χ0n) is 12.7. The summed E-state index contributed by atoms with van der Waals surface area (Å²) in [7, 11) is 0. The number of hydrogen-bond donors (Lipinski definition) is 1. The maximum absolute atomic E-state index is 13.1. The van der Waals surface area contributed by atoms with E-state index in [1.165, 1.54) is 23.5 Å². The first-order valence-electron chi connectivity index (χ1n) is 7.58. The van der Waals surface area contributed by atoms with Gasteiger partial charge in [0.15, 0.2) is 0 Å². The van der Waals surface area contributed by atoms with E-state index in [9.17, 15) is 9.18 Å². The van der Waals surface area contributed by atoms with E-state index in [1.54, 1.807) is 12.1 Å². The smallest absolute Gasteiger partial charge is 0.257 e. The highest BCUT2D eigenvalue weighted by Crippen LogP contribution is 2.48. The van der Waals surface area contributed by atoms with E-state index in [1.807, 2.05) is 17.5 Å². The number of halogens is 1. The molecule has 1 aromatic carbocycles. The van der Waals surface area contributed by atoms with Gasteiger partial charge < -0.3 is 9.73 Å². The lowest BCUT2D eigenvalue weighted by Crippen LogP contribution is -2.34. The highest BCUT2D eigenvalue weighted by molar-refractivity contribution is 7.13. The molecule has 0 atom stereocenters. The van der Waals surface area contributed by atoms with Crippen molar-refractivity contribution >= 4 is 17.2 Å². The molecule has 0 unspecified atom stereocenters. The molecule has 1 saturated carbocycles. The lowest BCUT2D eigenvalue weighted by atomic mass is 9.95. The van der Waals surface area contributed by atoms with Crippen LogP contribution in [0.1, 0.15) is 24.3 Å². The molecule has 0 saturated heterocycles. The topological polar surface area (TPSA) is 68.0 Å². The Hall–Kier alpha value is -2.54. The average Bonchev–Trinajstić information content (AvgIpc) is 3.00. The molecule has 3 aromatic rings. The first-order chi connectivity index (χ1) is 11.7. The van der Waals surface area contributed by atoms with E-state index in [2.05, 4.69) is 15.5 Å². The van der Waals surface area contributed by atoms with Crippen molar-refractivity contribution in [1.29, 1.82) is 0 Å². The van der Waals surface area contributed by atoms with Crippen LogP contribution in [0, 0.1) is 5.82 Å². The van der Waals surface area contributed by atoms with Crippen LogP contribution < -0.4 is 5.32 Å². The van der Waals surface area contributed by atoms with Crippen molar-refractivity contribution in [3.8, 4) is 10.8 Å². The van der Waals surface area contributed by atoms with Gasteiger partial charge in [-0.2, -0.15) is 0 Å². The summed E-state index contributed by atoms with van der Waals surface area (Å²) in [5.74, 6) is 0.419. The second-order valence-corrected chi connectivity index (χ2v) is 6.70. The summed E-state index contributed by atoms with van der Waals surface area (Å²) in [5, 5.41) is 12.7. The summed E-state index contributed by atoms with van der Waals surface area (Å²) < 4.78 is 18.6. The Morgan fingerprint density at radius 3 is 2.71 bits per heavy atom. The second kappa shape index (κ2) is 5.83. The van der Waals surface area contributed by atoms with Gasteiger partial charge >= 0.3 is 0 Å². The molecule has 5 nitrogen and oxygen atoms in total. The van der Waals surface area contributed by atoms with Crippen LogP contribution in [-0.4, -0.2) is 16.1 Å². The first-order valence-corrected chi connectivity index (χ1v) is 8.46. The third kappa shape index (κ3) is 2.71. The van der Waals surface area contributed by atoms with E-state index < -0.39 is 5.41 Å². The van der Waals surface area contributed by atoms with E-state index >= 15 is 0 Å². The van der Waals surface area contributed by atoms with Crippen molar-refractivity contribution in [3.05, 3.63) is 59.0 Å². The molecule has 2 aromatic heterocycles. The molecule has 1 N–H and O–H groups in total. The number of nitrogens with zero attached hydrogens (tertiary/aromatic N) is 2. The minimum atomic E-state index is -0.551. The molecule has 122 valence electrons. The van der Waals surface area contributed by atoms with Crippen molar-refractivity contribution in [2.75, 3.05) is 0 Å². The summed E-state index contributed by atoms with van der Waals surface area (Å²) in [6, 6.07) is 9.91. The summed E-state index contributed by atoms with van der Waals surface area (Å²) in [4.78, 5) is 13.4. The van der Waals surface area contributed by atoms with Crippen LogP contribution in [0.2, 0.25) is 0 Å². The van der Waals surface area contributed by atoms with Crippen LogP contribution in [-0.2, 0) is 16.8 Å². The van der Waals surface area contributed by atoms with Crippen LogP contribution in [0.4, 0.5) is 4.39 Å². The highest BCUT2D eigenvalue weighted by atomic mass is 32.1. The van der Waals surface area contributed by atoms with Gasteiger partial charge in [-0.15, -0.1) is 21.5 Å². The van der Waals surface area contributed by atoms with E-state index in [-0.39, 0.29) is 18.3 Å². The average molecular weight is 343 g/mol. The molecule has 2 heterocycles. The van der Waals surface area contributed by atoms with Gasteiger partial charge in [0.1, 0.15) is 5.82 Å². The van der Waals surface area contributed by atoms with Crippen LogP contribution in [0.5, 0.6) is 0 Å². The lowest BCUT2D eigenvalue weighted by Gasteiger charge is -2.14. The van der Waals surface area contributed by atoms with Gasteiger partial charge in [-0.25, -0.2) is 4.39 Å². The minimum absolute atomic E-state index is 0.0926. The summed E-state index contributed by atoms with van der Waals surface area (Å²) in [5.41, 5.74) is 0.288. The highest BCUT2D eigenvalue weighted by Gasteiger charge is 2.51. The van der Waals surface area contributed by atoms with Crippen molar-refractivity contribution in [2.24, 2.45) is 0 Å². The van der Waals surface area contributed by atoms with Crippen LogP contribution >= 0.6 is 11.3 Å². The normalized spacial score (nSPS) is 15.2. The fourth-order valence-corrected chi connectivity index (χ4v) is 3.33. The zero-order chi connectivity index (χ0) is 16.6. The Balaban J connectivity index is 1.43. The molecule has 7 heteroatoms. The van der Waals surface area contributed by atoms with Crippen molar-refractivity contribution in [2.45, 2.75) is 24.8 Å². The second-order valence-electron chi connectivity index (χ2n) is 5.75. The van der Waals surface area contributed by atoms with Gasteiger partial charge in [0.25, 0.3) is 5.89 Å². The quantitative estimate of drug-likeness (QED) is 0.772. The number of nitrogens with one attached hydrogen (secondary N) is 1. The number of aromatic nitrogens is 2. The lowest BCUT2D eigenvalue weighted by molar-refractivity contribution is -0.123. The number of thiophene rings is 1. The molecule has 1 aliphatic rings. The van der Waals surface area contributed by atoms with Crippen LogP contribution in [0.3, 0.4) is 0 Å². The zero-order valence-corrected chi connectivity index (χ0v) is 13.5. The molecule has 0 radical (unpaired) electrons. The first kappa shape index (κ1) is 15.0. The van der Waals surface area contributed by atoms with Crippen LogP contribution in [0.25, 0.3) is 10.8 Å².